The van der Waals surface area contributed by atoms with Crippen LogP contribution in [0.1, 0.15) is 45.1 Å². The third-order valence-electron chi connectivity index (χ3n) is 4.95. The molecule has 1 aromatic carbocycles. The monoisotopic (exact) mass is 530 g/mol. The van der Waals surface area contributed by atoms with Crippen LogP contribution in [0.25, 0.3) is 6.08 Å². The van der Waals surface area contributed by atoms with Gasteiger partial charge in [-0.1, -0.05) is 23.5 Å². The summed E-state index contributed by atoms with van der Waals surface area (Å²) in [6, 6.07) is 10.3. The first kappa shape index (κ1) is 23.3. The summed E-state index contributed by atoms with van der Waals surface area (Å²) in [6.07, 6.45) is 1.71. The number of ether oxygens (including phenoxy) is 2. The van der Waals surface area contributed by atoms with Crippen molar-refractivity contribution in [3.63, 3.8) is 0 Å². The summed E-state index contributed by atoms with van der Waals surface area (Å²) >= 11 is 4.52. The van der Waals surface area contributed by atoms with Crippen LogP contribution < -0.4 is 19.6 Å². The molecule has 9 heteroatoms. The van der Waals surface area contributed by atoms with Crippen LogP contribution in [0.5, 0.6) is 5.75 Å². The van der Waals surface area contributed by atoms with E-state index in [0.717, 1.165) is 5.56 Å². The number of aromatic nitrogens is 1. The van der Waals surface area contributed by atoms with Crippen molar-refractivity contribution in [3.05, 3.63) is 83.3 Å². The van der Waals surface area contributed by atoms with E-state index < -0.39 is 12.0 Å². The van der Waals surface area contributed by atoms with Crippen LogP contribution in [0.2, 0.25) is 0 Å². The van der Waals surface area contributed by atoms with Gasteiger partial charge in [0.15, 0.2) is 9.47 Å². The zero-order chi connectivity index (χ0) is 23.7. The number of thiazole rings is 1. The zero-order valence-corrected chi connectivity index (χ0v) is 21.0. The highest BCUT2D eigenvalue weighted by molar-refractivity contribution is 9.10. The van der Waals surface area contributed by atoms with Crippen molar-refractivity contribution in [2.45, 2.75) is 39.8 Å². The SMILES string of the molecule is CCOC(=O)C1=C(C)N=c2s/c(=C/c3ccc(Br)o3)c(=O)n2[C@@H]1c1ccc(OC(C)C)cc1. The molecule has 0 unspecified atom stereocenters. The Labute approximate surface area is 202 Å². The van der Waals surface area contributed by atoms with Gasteiger partial charge >= 0.3 is 5.97 Å². The summed E-state index contributed by atoms with van der Waals surface area (Å²) in [5.41, 5.74) is 1.37. The number of allylic oxidation sites excluding steroid dienone is 1. The first-order chi connectivity index (χ1) is 15.8. The van der Waals surface area contributed by atoms with Crippen molar-refractivity contribution < 1.29 is 18.7 Å². The average Bonchev–Trinajstić information content (AvgIpc) is 3.30. The molecule has 3 heterocycles. The Balaban J connectivity index is 1.89. The number of fused-ring (bicyclic) bond motifs is 1. The number of carbonyl (C=O) groups excluding carboxylic acids is 1. The maximum Gasteiger partial charge on any atom is 0.338 e. The topological polar surface area (TPSA) is 83.0 Å². The van der Waals surface area contributed by atoms with E-state index >= 15 is 0 Å². The summed E-state index contributed by atoms with van der Waals surface area (Å²) in [5.74, 6) is 0.763. The molecule has 0 N–H and O–H groups in total. The molecule has 0 saturated carbocycles. The van der Waals surface area contributed by atoms with E-state index in [1.54, 1.807) is 36.6 Å². The molecule has 3 aromatic rings. The van der Waals surface area contributed by atoms with Crippen LogP contribution in [0.4, 0.5) is 0 Å². The van der Waals surface area contributed by atoms with E-state index in [9.17, 15) is 9.59 Å². The van der Waals surface area contributed by atoms with E-state index in [2.05, 4.69) is 20.9 Å². The first-order valence-electron chi connectivity index (χ1n) is 10.5. The highest BCUT2D eigenvalue weighted by atomic mass is 79.9. The third kappa shape index (κ3) is 4.74. The molecule has 0 bridgehead atoms. The maximum atomic E-state index is 13.5. The Morgan fingerprint density at radius 2 is 2.00 bits per heavy atom. The maximum absolute atomic E-state index is 13.5. The second-order valence-corrected chi connectivity index (χ2v) is 9.47. The molecule has 2 aromatic heterocycles. The van der Waals surface area contributed by atoms with Gasteiger partial charge in [-0.05, 0) is 73.5 Å². The molecule has 0 saturated heterocycles. The summed E-state index contributed by atoms with van der Waals surface area (Å²) in [4.78, 5) is 31.5. The number of halogens is 1. The van der Waals surface area contributed by atoms with Gasteiger partial charge in [-0.2, -0.15) is 0 Å². The quantitative estimate of drug-likeness (QED) is 0.450. The highest BCUT2D eigenvalue weighted by Crippen LogP contribution is 2.31. The number of hydrogen-bond acceptors (Lipinski definition) is 7. The van der Waals surface area contributed by atoms with Gasteiger partial charge in [-0.3, -0.25) is 9.36 Å². The molecule has 1 aliphatic heterocycles. The minimum Gasteiger partial charge on any atom is -0.491 e. The summed E-state index contributed by atoms with van der Waals surface area (Å²) < 4.78 is 19.2. The largest absolute Gasteiger partial charge is 0.491 e. The predicted octanol–water partition coefficient (Wildman–Crippen LogP) is 3.94. The molecule has 0 amide bonds. The lowest BCUT2D eigenvalue weighted by Gasteiger charge is -2.25. The molecule has 7 nitrogen and oxygen atoms in total. The fourth-order valence-corrected chi connectivity index (χ4v) is 4.99. The number of rotatable bonds is 6. The number of nitrogens with zero attached hydrogens (tertiary/aromatic N) is 2. The molecule has 4 rings (SSSR count). The second-order valence-electron chi connectivity index (χ2n) is 7.68. The predicted molar refractivity (Wildman–Crippen MR) is 129 cm³/mol. The van der Waals surface area contributed by atoms with Crippen molar-refractivity contribution in [2.75, 3.05) is 6.61 Å². The van der Waals surface area contributed by atoms with Crippen molar-refractivity contribution in [1.82, 2.24) is 4.57 Å². The standard InChI is InChI=1S/C24H23BrN2O5S/c1-5-30-23(29)20-14(4)26-24-27(21(20)15-6-8-16(9-7-15)31-13(2)3)22(28)18(33-24)12-17-10-11-19(25)32-17/h6-13,21H,5H2,1-4H3/b18-12+/t21-/m1/s1. The van der Waals surface area contributed by atoms with Gasteiger partial charge in [0.1, 0.15) is 11.5 Å². The molecule has 1 atom stereocenters. The van der Waals surface area contributed by atoms with Gasteiger partial charge < -0.3 is 13.9 Å². The Hall–Kier alpha value is -2.91. The lowest BCUT2D eigenvalue weighted by molar-refractivity contribution is -0.139. The van der Waals surface area contributed by atoms with Crippen LogP contribution in [0, 0.1) is 0 Å². The van der Waals surface area contributed by atoms with Crippen molar-refractivity contribution in [3.8, 4) is 5.75 Å². The first-order valence-corrected chi connectivity index (χ1v) is 12.1. The lowest BCUT2D eigenvalue weighted by Crippen LogP contribution is -2.39. The van der Waals surface area contributed by atoms with E-state index in [1.807, 2.05) is 38.1 Å². The van der Waals surface area contributed by atoms with E-state index in [1.165, 1.54) is 11.3 Å². The number of benzene rings is 1. The van der Waals surface area contributed by atoms with Gasteiger partial charge in [-0.15, -0.1) is 0 Å². The summed E-state index contributed by atoms with van der Waals surface area (Å²) in [5, 5.41) is 0. The number of carbonyl (C=O) groups is 1. The number of furan rings is 1. The fourth-order valence-electron chi connectivity index (χ4n) is 3.64. The summed E-state index contributed by atoms with van der Waals surface area (Å²) in [6.45, 7) is 7.64. The molecule has 33 heavy (non-hydrogen) atoms. The summed E-state index contributed by atoms with van der Waals surface area (Å²) in [7, 11) is 0. The van der Waals surface area contributed by atoms with Crippen LogP contribution in [-0.4, -0.2) is 23.2 Å². The Morgan fingerprint density at radius 3 is 2.61 bits per heavy atom. The van der Waals surface area contributed by atoms with Crippen LogP contribution in [-0.2, 0) is 9.53 Å². The Bertz CT molecular complexity index is 1400. The number of hydrogen-bond donors (Lipinski definition) is 0. The highest BCUT2D eigenvalue weighted by Gasteiger charge is 2.33. The molecule has 0 fully saturated rings. The van der Waals surface area contributed by atoms with Gasteiger partial charge in [0, 0.05) is 6.08 Å². The lowest BCUT2D eigenvalue weighted by atomic mass is 9.96. The zero-order valence-electron chi connectivity index (χ0n) is 18.6. The molecular weight excluding hydrogens is 508 g/mol. The van der Waals surface area contributed by atoms with Crippen LogP contribution >= 0.6 is 27.3 Å². The molecule has 0 spiro atoms. The van der Waals surface area contributed by atoms with E-state index in [4.69, 9.17) is 13.9 Å². The minimum atomic E-state index is -0.668. The minimum absolute atomic E-state index is 0.0346. The third-order valence-corrected chi connectivity index (χ3v) is 6.36. The van der Waals surface area contributed by atoms with Crippen LogP contribution in [0.15, 0.2) is 66.5 Å². The van der Waals surface area contributed by atoms with Crippen molar-refractivity contribution in [1.29, 1.82) is 0 Å². The van der Waals surface area contributed by atoms with Gasteiger partial charge in [0.2, 0.25) is 0 Å². The Morgan fingerprint density at radius 1 is 1.27 bits per heavy atom. The fraction of sp³-hybridized carbons (Fsp3) is 0.292. The Kier molecular flexibility index (Phi) is 6.71. The van der Waals surface area contributed by atoms with Crippen LogP contribution in [0.3, 0.4) is 0 Å². The van der Waals surface area contributed by atoms with Crippen molar-refractivity contribution >= 4 is 39.3 Å². The molecule has 172 valence electrons. The second kappa shape index (κ2) is 9.52. The van der Waals surface area contributed by atoms with E-state index in [0.29, 0.717) is 36.8 Å². The molecular formula is C24H23BrN2O5S. The normalized spacial score (nSPS) is 16.1. The van der Waals surface area contributed by atoms with Gasteiger partial charge in [-0.25, -0.2) is 9.79 Å². The van der Waals surface area contributed by atoms with E-state index in [-0.39, 0.29) is 18.3 Å². The number of esters is 1. The van der Waals surface area contributed by atoms with Gasteiger partial charge in [0.05, 0.1) is 34.6 Å². The van der Waals surface area contributed by atoms with Crippen molar-refractivity contribution in [2.24, 2.45) is 4.99 Å². The smallest absolute Gasteiger partial charge is 0.338 e. The van der Waals surface area contributed by atoms with Gasteiger partial charge in [0.25, 0.3) is 5.56 Å². The molecule has 0 aliphatic carbocycles. The molecule has 0 radical (unpaired) electrons. The molecule has 1 aliphatic rings. The average molecular weight is 531 g/mol.